The number of benzene rings is 1. The molecule has 0 aliphatic heterocycles. The summed E-state index contributed by atoms with van der Waals surface area (Å²) in [5.74, 6) is 0. The van der Waals surface area contributed by atoms with Crippen molar-refractivity contribution < 1.29 is 4.92 Å². The molecule has 2 aromatic rings. The van der Waals surface area contributed by atoms with Crippen LogP contribution in [-0.4, -0.2) is 14.7 Å². The summed E-state index contributed by atoms with van der Waals surface area (Å²) in [6, 6.07) is 2.56. The zero-order valence-electron chi connectivity index (χ0n) is 11.6. The lowest BCUT2D eigenvalue weighted by Crippen LogP contribution is -2.03. The molecule has 8 heteroatoms. The second-order valence-electron chi connectivity index (χ2n) is 4.52. The quantitative estimate of drug-likeness (QED) is 0.669. The van der Waals surface area contributed by atoms with Gasteiger partial charge in [-0.25, -0.2) is 0 Å². The Morgan fingerprint density at radius 1 is 1.38 bits per heavy atom. The molecule has 0 spiro atoms. The number of nitro benzene ring substituents is 1. The van der Waals surface area contributed by atoms with E-state index in [4.69, 9.17) is 23.2 Å². The van der Waals surface area contributed by atoms with Crippen LogP contribution in [0.5, 0.6) is 0 Å². The van der Waals surface area contributed by atoms with Crippen LogP contribution < -0.4 is 5.32 Å². The molecule has 6 nitrogen and oxygen atoms in total. The second kappa shape index (κ2) is 6.32. The molecule has 1 aromatic heterocycles. The molecule has 0 amide bonds. The molecule has 0 bridgehead atoms. The fraction of sp³-hybridized carbons (Fsp3) is 0.308. The Kier molecular flexibility index (Phi) is 4.69. The number of nitrogens with one attached hydrogen (secondary N) is 1. The van der Waals surface area contributed by atoms with Crippen molar-refractivity contribution in [3.63, 3.8) is 0 Å². The standard InChI is InChI=1S/C13H14Cl2N4O2/c1-3-12-8(7-18(2)17-12)6-16-13-10(14)4-9(19(20)21)5-11(13)15/h4-5,7,16H,3,6H2,1-2H3. The summed E-state index contributed by atoms with van der Waals surface area (Å²) in [5, 5.41) is 18.6. The van der Waals surface area contributed by atoms with Gasteiger partial charge < -0.3 is 5.32 Å². The summed E-state index contributed by atoms with van der Waals surface area (Å²) in [7, 11) is 1.86. The minimum absolute atomic E-state index is 0.133. The summed E-state index contributed by atoms with van der Waals surface area (Å²) < 4.78 is 1.74. The van der Waals surface area contributed by atoms with Gasteiger partial charge in [-0.1, -0.05) is 30.1 Å². The van der Waals surface area contributed by atoms with Crippen LogP contribution in [0.4, 0.5) is 11.4 Å². The summed E-state index contributed by atoms with van der Waals surface area (Å²) in [6.45, 7) is 2.52. The lowest BCUT2D eigenvalue weighted by molar-refractivity contribution is -0.384. The van der Waals surface area contributed by atoms with Crippen LogP contribution >= 0.6 is 23.2 Å². The molecule has 0 atom stereocenters. The third-order valence-electron chi connectivity index (χ3n) is 3.02. The Bertz CT molecular complexity index is 662. The van der Waals surface area contributed by atoms with Crippen molar-refractivity contribution in [3.8, 4) is 0 Å². The van der Waals surface area contributed by atoms with E-state index in [9.17, 15) is 10.1 Å². The van der Waals surface area contributed by atoms with Crippen molar-refractivity contribution >= 4 is 34.6 Å². The largest absolute Gasteiger partial charge is 0.378 e. The Morgan fingerprint density at radius 3 is 2.52 bits per heavy atom. The Morgan fingerprint density at radius 2 is 2.00 bits per heavy atom. The highest BCUT2D eigenvalue weighted by Gasteiger charge is 2.15. The third-order valence-corrected chi connectivity index (χ3v) is 3.62. The fourth-order valence-corrected chi connectivity index (χ4v) is 2.66. The van der Waals surface area contributed by atoms with Crippen molar-refractivity contribution in [1.82, 2.24) is 9.78 Å². The number of nitrogens with zero attached hydrogens (tertiary/aromatic N) is 3. The van der Waals surface area contributed by atoms with E-state index in [0.717, 1.165) is 17.7 Å². The first kappa shape index (κ1) is 15.6. The minimum atomic E-state index is -0.530. The van der Waals surface area contributed by atoms with Crippen molar-refractivity contribution in [3.05, 3.63) is 49.7 Å². The number of aromatic nitrogens is 2. The predicted octanol–water partition coefficient (Wildman–Crippen LogP) is 3.81. The van der Waals surface area contributed by atoms with E-state index in [2.05, 4.69) is 10.4 Å². The highest BCUT2D eigenvalue weighted by atomic mass is 35.5. The molecule has 112 valence electrons. The number of hydrogen-bond acceptors (Lipinski definition) is 4. The van der Waals surface area contributed by atoms with Gasteiger partial charge in [-0.15, -0.1) is 0 Å². The molecule has 2 rings (SSSR count). The molecule has 0 aliphatic carbocycles. The smallest absolute Gasteiger partial charge is 0.272 e. The molecule has 0 aliphatic rings. The van der Waals surface area contributed by atoms with Gasteiger partial charge in [0.25, 0.3) is 5.69 Å². The predicted molar refractivity (Wildman–Crippen MR) is 83.0 cm³/mol. The molecule has 0 saturated heterocycles. The van der Waals surface area contributed by atoms with Crippen molar-refractivity contribution in [2.24, 2.45) is 7.05 Å². The van der Waals surface area contributed by atoms with E-state index in [0.29, 0.717) is 12.2 Å². The number of non-ortho nitro benzene ring substituents is 1. The Labute approximate surface area is 131 Å². The maximum absolute atomic E-state index is 10.7. The van der Waals surface area contributed by atoms with Crippen LogP contribution in [0.1, 0.15) is 18.2 Å². The minimum Gasteiger partial charge on any atom is -0.378 e. The second-order valence-corrected chi connectivity index (χ2v) is 5.34. The number of hydrogen-bond donors (Lipinski definition) is 1. The normalized spacial score (nSPS) is 10.7. The average Bonchev–Trinajstić information content (AvgIpc) is 2.77. The number of anilines is 1. The highest BCUT2D eigenvalue weighted by Crippen LogP contribution is 2.35. The molecule has 1 N–H and O–H groups in total. The van der Waals surface area contributed by atoms with Gasteiger partial charge in [0.1, 0.15) is 0 Å². The monoisotopic (exact) mass is 328 g/mol. The van der Waals surface area contributed by atoms with Crippen molar-refractivity contribution in [2.45, 2.75) is 19.9 Å². The summed E-state index contributed by atoms with van der Waals surface area (Å²) in [4.78, 5) is 10.2. The zero-order chi connectivity index (χ0) is 15.6. The van der Waals surface area contributed by atoms with Gasteiger partial charge in [-0.2, -0.15) is 5.10 Å². The maximum Gasteiger partial charge on any atom is 0.272 e. The topological polar surface area (TPSA) is 73.0 Å². The number of halogens is 2. The van der Waals surface area contributed by atoms with Gasteiger partial charge in [-0.05, 0) is 6.42 Å². The Balaban J connectivity index is 2.22. The van der Waals surface area contributed by atoms with Crippen LogP contribution in [0.2, 0.25) is 10.0 Å². The summed E-state index contributed by atoms with van der Waals surface area (Å²) >= 11 is 12.1. The molecule has 0 fully saturated rings. The number of rotatable bonds is 5. The maximum atomic E-state index is 10.7. The lowest BCUT2D eigenvalue weighted by Gasteiger charge is -2.10. The summed E-state index contributed by atoms with van der Waals surface area (Å²) in [5.41, 5.74) is 2.37. The van der Waals surface area contributed by atoms with Crippen LogP contribution in [0.3, 0.4) is 0 Å². The van der Waals surface area contributed by atoms with Crippen molar-refractivity contribution in [1.29, 1.82) is 0 Å². The van der Waals surface area contributed by atoms with E-state index in [1.54, 1.807) is 4.68 Å². The third kappa shape index (κ3) is 3.46. The first-order valence-electron chi connectivity index (χ1n) is 6.31. The molecule has 1 heterocycles. The van der Waals surface area contributed by atoms with Crippen LogP contribution in [-0.2, 0) is 20.0 Å². The summed E-state index contributed by atoms with van der Waals surface area (Å²) in [6.07, 6.45) is 2.73. The van der Waals surface area contributed by atoms with E-state index in [1.807, 2.05) is 20.2 Å². The van der Waals surface area contributed by atoms with Gasteiger partial charge in [0.15, 0.2) is 0 Å². The lowest BCUT2D eigenvalue weighted by atomic mass is 10.2. The van der Waals surface area contributed by atoms with Crippen LogP contribution in [0, 0.1) is 10.1 Å². The zero-order valence-corrected chi connectivity index (χ0v) is 13.1. The van der Waals surface area contributed by atoms with E-state index in [1.165, 1.54) is 12.1 Å². The van der Waals surface area contributed by atoms with Crippen molar-refractivity contribution in [2.75, 3.05) is 5.32 Å². The van der Waals surface area contributed by atoms with Crippen LogP contribution in [0.25, 0.3) is 0 Å². The van der Waals surface area contributed by atoms with Gasteiger partial charge in [0.2, 0.25) is 0 Å². The van der Waals surface area contributed by atoms with Crippen LogP contribution in [0.15, 0.2) is 18.3 Å². The van der Waals surface area contributed by atoms with E-state index >= 15 is 0 Å². The molecule has 1 aromatic carbocycles. The molecule has 0 unspecified atom stereocenters. The number of aryl methyl sites for hydroxylation is 2. The van der Waals surface area contributed by atoms with Gasteiger partial charge >= 0.3 is 0 Å². The first-order valence-corrected chi connectivity index (χ1v) is 7.06. The number of nitro groups is 1. The molecular weight excluding hydrogens is 315 g/mol. The van der Waals surface area contributed by atoms with Gasteiger partial charge in [0.05, 0.1) is 26.3 Å². The Hall–Kier alpha value is -1.79. The molecule has 21 heavy (non-hydrogen) atoms. The van der Waals surface area contributed by atoms with E-state index in [-0.39, 0.29) is 15.7 Å². The SMILES string of the molecule is CCc1nn(C)cc1CNc1c(Cl)cc([N+](=O)[O-])cc1Cl. The van der Waals surface area contributed by atoms with Gasteiger partial charge in [-0.3, -0.25) is 14.8 Å². The first-order chi connectivity index (χ1) is 9.92. The van der Waals surface area contributed by atoms with E-state index < -0.39 is 4.92 Å². The molecular formula is C13H14Cl2N4O2. The average molecular weight is 329 g/mol. The molecule has 0 saturated carbocycles. The fourth-order valence-electron chi connectivity index (χ4n) is 2.05. The molecule has 0 radical (unpaired) electrons. The van der Waals surface area contributed by atoms with Gasteiger partial charge in [0, 0.05) is 37.5 Å². The highest BCUT2D eigenvalue weighted by molar-refractivity contribution is 6.39.